The van der Waals surface area contributed by atoms with E-state index in [4.69, 9.17) is 11.6 Å². The number of benzene rings is 2. The van der Waals surface area contributed by atoms with Crippen LogP contribution in [-0.4, -0.2) is 5.91 Å². The van der Waals surface area contributed by atoms with E-state index in [0.717, 1.165) is 17.7 Å². The minimum atomic E-state index is -0.937. The predicted octanol–water partition coefficient (Wildman–Crippen LogP) is 4.51. The number of hydrogen-bond donors (Lipinski definition) is 1. The summed E-state index contributed by atoms with van der Waals surface area (Å²) in [7, 11) is 0. The van der Waals surface area contributed by atoms with Gasteiger partial charge >= 0.3 is 0 Å². The van der Waals surface area contributed by atoms with Crippen LogP contribution in [0.3, 0.4) is 0 Å². The van der Waals surface area contributed by atoms with E-state index in [9.17, 15) is 13.6 Å². The zero-order chi connectivity index (χ0) is 16.1. The Labute approximate surface area is 132 Å². The smallest absolute Gasteiger partial charge is 0.244 e. The van der Waals surface area contributed by atoms with Gasteiger partial charge in [-0.3, -0.25) is 4.79 Å². The molecule has 0 aliphatic heterocycles. The molecular weight excluding hydrogens is 308 g/mol. The van der Waals surface area contributed by atoms with Gasteiger partial charge in [0.2, 0.25) is 5.91 Å². The Morgan fingerprint density at radius 2 is 1.95 bits per heavy atom. The zero-order valence-corrected chi connectivity index (χ0v) is 12.6. The Morgan fingerprint density at radius 1 is 1.18 bits per heavy atom. The Kier molecular flexibility index (Phi) is 5.28. The van der Waals surface area contributed by atoms with Crippen molar-refractivity contribution in [2.75, 3.05) is 0 Å². The average molecular weight is 322 g/mol. The highest BCUT2D eigenvalue weighted by Gasteiger charge is 2.10. The van der Waals surface area contributed by atoms with E-state index in [1.54, 1.807) is 31.2 Å². The van der Waals surface area contributed by atoms with Crippen molar-refractivity contribution in [2.45, 2.75) is 13.0 Å². The molecule has 0 spiro atoms. The summed E-state index contributed by atoms with van der Waals surface area (Å²) in [5.41, 5.74) is 1.28. The summed E-state index contributed by atoms with van der Waals surface area (Å²) < 4.78 is 26.1. The molecule has 22 heavy (non-hydrogen) atoms. The van der Waals surface area contributed by atoms with Crippen LogP contribution >= 0.6 is 11.6 Å². The van der Waals surface area contributed by atoms with Crippen LogP contribution in [-0.2, 0) is 4.79 Å². The summed E-state index contributed by atoms with van der Waals surface area (Å²) in [6, 6.07) is 10.2. The highest BCUT2D eigenvalue weighted by molar-refractivity contribution is 6.30. The Bertz CT molecular complexity index is 716. The predicted molar refractivity (Wildman–Crippen MR) is 83.4 cm³/mol. The molecule has 2 nitrogen and oxygen atoms in total. The normalized spacial score (nSPS) is 12.4. The van der Waals surface area contributed by atoms with Gasteiger partial charge in [-0.25, -0.2) is 8.78 Å². The highest BCUT2D eigenvalue weighted by Crippen LogP contribution is 2.16. The molecule has 5 heteroatoms. The second kappa shape index (κ2) is 7.18. The third kappa shape index (κ3) is 4.40. The number of nitrogens with one attached hydrogen (secondary N) is 1. The van der Waals surface area contributed by atoms with Crippen molar-refractivity contribution in [1.82, 2.24) is 5.32 Å². The van der Waals surface area contributed by atoms with E-state index in [1.807, 2.05) is 6.07 Å². The molecule has 1 unspecified atom stereocenters. The summed E-state index contributed by atoms with van der Waals surface area (Å²) in [5, 5.41) is 3.26. The van der Waals surface area contributed by atoms with Crippen molar-refractivity contribution in [3.63, 3.8) is 0 Å². The van der Waals surface area contributed by atoms with E-state index in [0.29, 0.717) is 10.6 Å². The molecule has 1 N–H and O–H groups in total. The number of amides is 1. The molecular formula is C17H14ClF2NO. The summed E-state index contributed by atoms with van der Waals surface area (Å²) in [6.45, 7) is 1.69. The van der Waals surface area contributed by atoms with Crippen molar-refractivity contribution >= 4 is 23.6 Å². The maximum absolute atomic E-state index is 13.2. The molecule has 0 aliphatic rings. The van der Waals surface area contributed by atoms with E-state index in [2.05, 4.69) is 5.32 Å². The quantitative estimate of drug-likeness (QED) is 0.825. The fourth-order valence-corrected chi connectivity index (χ4v) is 2.11. The lowest BCUT2D eigenvalue weighted by molar-refractivity contribution is -0.117. The monoisotopic (exact) mass is 321 g/mol. The second-order valence-electron chi connectivity index (χ2n) is 4.79. The summed E-state index contributed by atoms with van der Waals surface area (Å²) >= 11 is 5.85. The third-order valence-electron chi connectivity index (χ3n) is 3.08. The first-order valence-corrected chi connectivity index (χ1v) is 7.02. The molecule has 2 aromatic rings. The molecule has 2 rings (SSSR count). The molecule has 0 aromatic heterocycles. The molecule has 0 bridgehead atoms. The Hall–Kier alpha value is -2.20. The third-order valence-corrected chi connectivity index (χ3v) is 3.31. The number of rotatable bonds is 4. The SMILES string of the molecule is CC(NC(=O)/C=C/c1cccc(Cl)c1)c1ccc(F)c(F)c1. The number of halogens is 3. The highest BCUT2D eigenvalue weighted by atomic mass is 35.5. The molecule has 0 heterocycles. The first-order valence-electron chi connectivity index (χ1n) is 6.65. The topological polar surface area (TPSA) is 29.1 Å². The lowest BCUT2D eigenvalue weighted by atomic mass is 10.1. The average Bonchev–Trinajstić information content (AvgIpc) is 2.48. The van der Waals surface area contributed by atoms with Crippen LogP contribution in [0.25, 0.3) is 6.08 Å². The maximum Gasteiger partial charge on any atom is 0.244 e. The molecule has 0 fully saturated rings. The van der Waals surface area contributed by atoms with Crippen LogP contribution in [0, 0.1) is 11.6 Å². The van der Waals surface area contributed by atoms with Crippen molar-refractivity contribution < 1.29 is 13.6 Å². The number of hydrogen-bond acceptors (Lipinski definition) is 1. The molecule has 2 aromatic carbocycles. The fraction of sp³-hybridized carbons (Fsp3) is 0.118. The van der Waals surface area contributed by atoms with Gasteiger partial charge in [0, 0.05) is 11.1 Å². The standard InChI is InChI=1S/C17H14ClF2NO/c1-11(13-6-7-15(19)16(20)10-13)21-17(22)8-5-12-3-2-4-14(18)9-12/h2-11H,1H3,(H,21,22)/b8-5+. The lowest BCUT2D eigenvalue weighted by Crippen LogP contribution is -2.24. The van der Waals surface area contributed by atoms with E-state index in [1.165, 1.54) is 12.1 Å². The van der Waals surface area contributed by atoms with Gasteiger partial charge in [0.25, 0.3) is 0 Å². The van der Waals surface area contributed by atoms with Gasteiger partial charge < -0.3 is 5.32 Å². The number of carbonyl (C=O) groups is 1. The van der Waals surface area contributed by atoms with Gasteiger partial charge in [0.05, 0.1) is 6.04 Å². The molecule has 1 atom stereocenters. The molecule has 0 aliphatic carbocycles. The van der Waals surface area contributed by atoms with Gasteiger partial charge in [-0.1, -0.05) is 29.8 Å². The van der Waals surface area contributed by atoms with E-state index in [-0.39, 0.29) is 5.91 Å². The van der Waals surface area contributed by atoms with Crippen LogP contribution in [0.5, 0.6) is 0 Å². The molecule has 1 amide bonds. The van der Waals surface area contributed by atoms with E-state index >= 15 is 0 Å². The summed E-state index contributed by atoms with van der Waals surface area (Å²) in [4.78, 5) is 11.8. The first kappa shape index (κ1) is 16.2. The maximum atomic E-state index is 13.2. The summed E-state index contributed by atoms with van der Waals surface area (Å²) in [6.07, 6.45) is 2.99. The van der Waals surface area contributed by atoms with Gasteiger partial charge in [0.1, 0.15) is 0 Å². The first-order chi connectivity index (χ1) is 10.5. The van der Waals surface area contributed by atoms with Gasteiger partial charge in [-0.2, -0.15) is 0 Å². The second-order valence-corrected chi connectivity index (χ2v) is 5.23. The van der Waals surface area contributed by atoms with E-state index < -0.39 is 17.7 Å². The fourth-order valence-electron chi connectivity index (χ4n) is 1.91. The molecule has 0 saturated carbocycles. The zero-order valence-electron chi connectivity index (χ0n) is 11.8. The van der Waals surface area contributed by atoms with Crippen LogP contribution in [0.15, 0.2) is 48.5 Å². The Morgan fingerprint density at radius 3 is 2.64 bits per heavy atom. The van der Waals surface area contributed by atoms with Crippen molar-refractivity contribution in [3.8, 4) is 0 Å². The Balaban J connectivity index is 2.00. The molecule has 0 radical (unpaired) electrons. The minimum absolute atomic E-state index is 0.336. The van der Waals surface area contributed by atoms with Crippen molar-refractivity contribution in [3.05, 3.63) is 76.3 Å². The summed E-state index contributed by atoms with van der Waals surface area (Å²) in [5.74, 6) is -2.19. The van der Waals surface area contributed by atoms with Crippen LogP contribution < -0.4 is 5.32 Å². The largest absolute Gasteiger partial charge is 0.346 e. The number of carbonyl (C=O) groups excluding carboxylic acids is 1. The van der Waals surface area contributed by atoms with Gasteiger partial charge in [-0.05, 0) is 48.4 Å². The van der Waals surface area contributed by atoms with Gasteiger partial charge in [0.15, 0.2) is 11.6 Å². The minimum Gasteiger partial charge on any atom is -0.346 e. The lowest BCUT2D eigenvalue weighted by Gasteiger charge is -2.13. The van der Waals surface area contributed by atoms with Crippen LogP contribution in [0.1, 0.15) is 24.1 Å². The van der Waals surface area contributed by atoms with Crippen molar-refractivity contribution in [1.29, 1.82) is 0 Å². The van der Waals surface area contributed by atoms with Gasteiger partial charge in [-0.15, -0.1) is 0 Å². The van der Waals surface area contributed by atoms with Crippen LogP contribution in [0.2, 0.25) is 5.02 Å². The van der Waals surface area contributed by atoms with Crippen LogP contribution in [0.4, 0.5) is 8.78 Å². The molecule has 0 saturated heterocycles. The molecule has 114 valence electrons. The van der Waals surface area contributed by atoms with Crippen molar-refractivity contribution in [2.24, 2.45) is 0 Å².